The third-order valence-electron chi connectivity index (χ3n) is 4.56. The second-order valence-corrected chi connectivity index (χ2v) is 6.00. The number of rotatable bonds is 4. The van der Waals surface area contributed by atoms with Crippen molar-refractivity contribution in [2.45, 2.75) is 44.8 Å². The summed E-state index contributed by atoms with van der Waals surface area (Å²) in [7, 11) is 0. The highest BCUT2D eigenvalue weighted by molar-refractivity contribution is 5.81. The summed E-state index contributed by atoms with van der Waals surface area (Å²) in [6, 6.07) is 6.06. The number of ether oxygens (including phenoxy) is 1. The maximum atomic E-state index is 12.8. The Bertz CT molecular complexity index is 488. The Hall–Kier alpha value is -1.58. The molecule has 2 saturated carbocycles. The Morgan fingerprint density at radius 2 is 2.05 bits per heavy atom. The molecule has 0 unspecified atom stereocenters. The summed E-state index contributed by atoms with van der Waals surface area (Å²) in [6.45, 7) is 1.73. The van der Waals surface area contributed by atoms with Gasteiger partial charge in [0.05, 0.1) is 0 Å². The molecule has 0 saturated heterocycles. The van der Waals surface area contributed by atoms with Crippen LogP contribution in [0.3, 0.4) is 0 Å². The molecule has 108 valence electrons. The van der Waals surface area contributed by atoms with Gasteiger partial charge in [0, 0.05) is 6.04 Å². The number of fused-ring (bicyclic) bond motifs is 2. The van der Waals surface area contributed by atoms with Gasteiger partial charge in [-0.25, -0.2) is 4.39 Å². The fourth-order valence-corrected chi connectivity index (χ4v) is 3.49. The SMILES string of the molecule is C[C@@H](Oc1ccc(F)cc1)C(=O)N[C@H]1C[C@@H]2CC[C@@H]1C2. The van der Waals surface area contributed by atoms with Crippen LogP contribution in [-0.2, 0) is 4.79 Å². The summed E-state index contributed by atoms with van der Waals surface area (Å²) in [5, 5.41) is 3.10. The van der Waals surface area contributed by atoms with Gasteiger partial charge in [-0.15, -0.1) is 0 Å². The van der Waals surface area contributed by atoms with Crippen LogP contribution in [0.15, 0.2) is 24.3 Å². The van der Waals surface area contributed by atoms with E-state index < -0.39 is 6.10 Å². The van der Waals surface area contributed by atoms with Gasteiger partial charge >= 0.3 is 0 Å². The summed E-state index contributed by atoms with van der Waals surface area (Å²) in [5.74, 6) is 1.59. The molecule has 1 aromatic carbocycles. The largest absolute Gasteiger partial charge is 0.481 e. The number of halogens is 1. The van der Waals surface area contributed by atoms with Crippen molar-refractivity contribution >= 4 is 5.91 Å². The van der Waals surface area contributed by atoms with Gasteiger partial charge in [0.2, 0.25) is 0 Å². The number of amides is 1. The Balaban J connectivity index is 1.53. The Morgan fingerprint density at radius 1 is 1.30 bits per heavy atom. The number of hydrogen-bond acceptors (Lipinski definition) is 2. The van der Waals surface area contributed by atoms with Crippen LogP contribution in [0.4, 0.5) is 4.39 Å². The van der Waals surface area contributed by atoms with Crippen LogP contribution in [0.1, 0.15) is 32.6 Å². The minimum Gasteiger partial charge on any atom is -0.481 e. The number of carbonyl (C=O) groups excluding carboxylic acids is 1. The molecule has 4 heteroatoms. The molecule has 1 aromatic rings. The molecule has 3 rings (SSSR count). The van der Waals surface area contributed by atoms with Crippen molar-refractivity contribution < 1.29 is 13.9 Å². The first-order chi connectivity index (χ1) is 9.61. The molecule has 0 aromatic heterocycles. The van der Waals surface area contributed by atoms with E-state index >= 15 is 0 Å². The van der Waals surface area contributed by atoms with Crippen LogP contribution < -0.4 is 10.1 Å². The Kier molecular flexibility index (Phi) is 3.64. The third-order valence-corrected chi connectivity index (χ3v) is 4.56. The van der Waals surface area contributed by atoms with E-state index in [1.807, 2.05) is 0 Å². The lowest BCUT2D eigenvalue weighted by Crippen LogP contribution is -2.44. The molecule has 3 nitrogen and oxygen atoms in total. The van der Waals surface area contributed by atoms with Crippen LogP contribution in [0.2, 0.25) is 0 Å². The first-order valence-electron chi connectivity index (χ1n) is 7.34. The average Bonchev–Trinajstić information content (AvgIpc) is 3.03. The molecule has 0 spiro atoms. The van der Waals surface area contributed by atoms with E-state index in [-0.39, 0.29) is 11.7 Å². The zero-order valence-electron chi connectivity index (χ0n) is 11.6. The summed E-state index contributed by atoms with van der Waals surface area (Å²) in [6.07, 6.45) is 4.37. The molecule has 20 heavy (non-hydrogen) atoms. The molecule has 1 amide bonds. The normalized spacial score (nSPS) is 29.2. The zero-order valence-corrected chi connectivity index (χ0v) is 11.6. The molecule has 1 N–H and O–H groups in total. The average molecular weight is 277 g/mol. The number of benzene rings is 1. The quantitative estimate of drug-likeness (QED) is 0.919. The van der Waals surface area contributed by atoms with E-state index in [0.717, 1.165) is 12.3 Å². The Morgan fingerprint density at radius 3 is 2.65 bits per heavy atom. The van der Waals surface area contributed by atoms with E-state index in [9.17, 15) is 9.18 Å². The molecule has 4 atom stereocenters. The zero-order chi connectivity index (χ0) is 14.1. The van der Waals surface area contributed by atoms with Gasteiger partial charge in [0.1, 0.15) is 11.6 Å². The smallest absolute Gasteiger partial charge is 0.261 e. The van der Waals surface area contributed by atoms with Crippen molar-refractivity contribution in [1.82, 2.24) is 5.32 Å². The van der Waals surface area contributed by atoms with Crippen LogP contribution in [0.5, 0.6) is 5.75 Å². The van der Waals surface area contributed by atoms with E-state index in [1.165, 1.54) is 43.5 Å². The molecule has 0 heterocycles. The monoisotopic (exact) mass is 277 g/mol. The molecule has 2 aliphatic carbocycles. The highest BCUT2D eigenvalue weighted by atomic mass is 19.1. The standard InChI is InChI=1S/C16H20FNO2/c1-10(20-14-6-4-13(17)5-7-14)16(19)18-15-9-11-2-3-12(15)8-11/h4-7,10-12,15H,2-3,8-9H2,1H3,(H,18,19)/t10-,11-,12-,15+/m1/s1. The maximum absolute atomic E-state index is 12.8. The Labute approximate surface area is 118 Å². The van der Waals surface area contributed by atoms with Crippen LogP contribution in [0, 0.1) is 17.7 Å². The van der Waals surface area contributed by atoms with E-state index in [2.05, 4.69) is 5.32 Å². The molecule has 2 aliphatic rings. The minimum absolute atomic E-state index is 0.0770. The predicted octanol–water partition coefficient (Wildman–Crippen LogP) is 2.90. The third kappa shape index (κ3) is 2.79. The van der Waals surface area contributed by atoms with Crippen LogP contribution in [-0.4, -0.2) is 18.1 Å². The van der Waals surface area contributed by atoms with Gasteiger partial charge < -0.3 is 10.1 Å². The van der Waals surface area contributed by atoms with Crippen LogP contribution >= 0.6 is 0 Å². The van der Waals surface area contributed by atoms with Gasteiger partial charge in [-0.05, 0) is 62.3 Å². The number of carbonyl (C=O) groups is 1. The van der Waals surface area contributed by atoms with Gasteiger partial charge in [-0.1, -0.05) is 6.42 Å². The molecular weight excluding hydrogens is 257 g/mol. The van der Waals surface area contributed by atoms with Crippen molar-refractivity contribution in [2.75, 3.05) is 0 Å². The lowest BCUT2D eigenvalue weighted by atomic mass is 9.95. The van der Waals surface area contributed by atoms with Crippen molar-refractivity contribution in [1.29, 1.82) is 0 Å². The second kappa shape index (κ2) is 5.43. The molecular formula is C16H20FNO2. The topological polar surface area (TPSA) is 38.3 Å². The van der Waals surface area contributed by atoms with Gasteiger partial charge in [0.25, 0.3) is 5.91 Å². The van der Waals surface area contributed by atoms with E-state index in [0.29, 0.717) is 17.7 Å². The molecule has 0 radical (unpaired) electrons. The minimum atomic E-state index is -0.556. The van der Waals surface area contributed by atoms with E-state index in [1.54, 1.807) is 6.92 Å². The first kappa shape index (κ1) is 13.4. The van der Waals surface area contributed by atoms with Crippen molar-refractivity contribution in [2.24, 2.45) is 11.8 Å². The number of hydrogen-bond donors (Lipinski definition) is 1. The molecule has 2 fully saturated rings. The van der Waals surface area contributed by atoms with Crippen molar-refractivity contribution in [3.8, 4) is 5.75 Å². The van der Waals surface area contributed by atoms with Crippen molar-refractivity contribution in [3.63, 3.8) is 0 Å². The predicted molar refractivity (Wildman–Crippen MR) is 73.9 cm³/mol. The van der Waals surface area contributed by atoms with E-state index in [4.69, 9.17) is 4.74 Å². The highest BCUT2D eigenvalue weighted by Crippen LogP contribution is 2.44. The first-order valence-corrected chi connectivity index (χ1v) is 7.34. The fourth-order valence-electron chi connectivity index (χ4n) is 3.49. The summed E-state index contributed by atoms with van der Waals surface area (Å²) in [4.78, 5) is 12.1. The second-order valence-electron chi connectivity index (χ2n) is 6.00. The van der Waals surface area contributed by atoms with Gasteiger partial charge in [-0.3, -0.25) is 4.79 Å². The summed E-state index contributed by atoms with van der Waals surface area (Å²) >= 11 is 0. The van der Waals surface area contributed by atoms with Crippen molar-refractivity contribution in [3.05, 3.63) is 30.1 Å². The van der Waals surface area contributed by atoms with Gasteiger partial charge in [0.15, 0.2) is 6.10 Å². The molecule has 0 aliphatic heterocycles. The highest BCUT2D eigenvalue weighted by Gasteiger charge is 2.40. The lowest BCUT2D eigenvalue weighted by Gasteiger charge is -2.24. The van der Waals surface area contributed by atoms with Crippen LogP contribution in [0.25, 0.3) is 0 Å². The fraction of sp³-hybridized carbons (Fsp3) is 0.562. The summed E-state index contributed by atoms with van der Waals surface area (Å²) < 4.78 is 18.3. The summed E-state index contributed by atoms with van der Waals surface area (Å²) in [5.41, 5.74) is 0. The van der Waals surface area contributed by atoms with Gasteiger partial charge in [-0.2, -0.15) is 0 Å². The molecule has 2 bridgehead atoms. The lowest BCUT2D eigenvalue weighted by molar-refractivity contribution is -0.128. The number of nitrogens with one attached hydrogen (secondary N) is 1. The maximum Gasteiger partial charge on any atom is 0.261 e.